The SMILES string of the molecule is C#CC(CC)(CC)NS(=O)(=O)c1ccc(Br)s1. The second-order valence-corrected chi connectivity index (χ2v) is 7.97. The molecule has 0 saturated carbocycles. The van der Waals surface area contributed by atoms with Crippen molar-refractivity contribution in [1.29, 1.82) is 0 Å². The van der Waals surface area contributed by atoms with E-state index in [0.29, 0.717) is 12.8 Å². The molecule has 17 heavy (non-hydrogen) atoms. The molecule has 1 aromatic heterocycles. The number of terminal acetylenes is 1. The third kappa shape index (κ3) is 3.32. The van der Waals surface area contributed by atoms with E-state index in [4.69, 9.17) is 6.42 Å². The first kappa shape index (κ1) is 14.7. The molecule has 1 aromatic rings. The van der Waals surface area contributed by atoms with Crippen LogP contribution < -0.4 is 4.72 Å². The predicted molar refractivity (Wildman–Crippen MR) is 74.5 cm³/mol. The summed E-state index contributed by atoms with van der Waals surface area (Å²) in [4.78, 5) is 0. The van der Waals surface area contributed by atoms with Crippen molar-refractivity contribution in [3.8, 4) is 12.3 Å². The van der Waals surface area contributed by atoms with Crippen LogP contribution in [0.1, 0.15) is 26.7 Å². The number of thiophene rings is 1. The maximum Gasteiger partial charge on any atom is 0.251 e. The summed E-state index contributed by atoms with van der Waals surface area (Å²) in [5, 5.41) is 0. The molecule has 0 bridgehead atoms. The van der Waals surface area contributed by atoms with Gasteiger partial charge in [0.25, 0.3) is 10.0 Å². The number of rotatable bonds is 5. The van der Waals surface area contributed by atoms with E-state index >= 15 is 0 Å². The normalized spacial score (nSPS) is 12.4. The van der Waals surface area contributed by atoms with Crippen molar-refractivity contribution in [3.63, 3.8) is 0 Å². The van der Waals surface area contributed by atoms with Gasteiger partial charge in [-0.2, -0.15) is 4.72 Å². The van der Waals surface area contributed by atoms with Crippen molar-refractivity contribution in [1.82, 2.24) is 4.72 Å². The highest BCUT2D eigenvalue weighted by atomic mass is 79.9. The second-order valence-electron chi connectivity index (χ2n) is 3.60. The summed E-state index contributed by atoms with van der Waals surface area (Å²) in [6.07, 6.45) is 6.56. The Labute approximate surface area is 115 Å². The fourth-order valence-corrected chi connectivity index (χ4v) is 4.86. The van der Waals surface area contributed by atoms with Gasteiger partial charge in [0.05, 0.1) is 9.33 Å². The molecule has 0 aliphatic heterocycles. The predicted octanol–water partition coefficient (Wildman–Crippen LogP) is 2.98. The molecular formula is C11H14BrNO2S2. The highest BCUT2D eigenvalue weighted by molar-refractivity contribution is 9.11. The maximum absolute atomic E-state index is 12.1. The van der Waals surface area contributed by atoms with Gasteiger partial charge in [0.15, 0.2) is 0 Å². The van der Waals surface area contributed by atoms with E-state index in [1.165, 1.54) is 0 Å². The standard InChI is InChI=1S/C11H14BrNO2S2/c1-4-11(5-2,6-3)13-17(14,15)10-8-7-9(12)16-10/h1,7-8,13H,5-6H2,2-3H3. The van der Waals surface area contributed by atoms with Crippen molar-refractivity contribution in [3.05, 3.63) is 15.9 Å². The average molecular weight is 336 g/mol. The molecule has 0 saturated heterocycles. The van der Waals surface area contributed by atoms with Crippen LogP contribution in [-0.4, -0.2) is 14.0 Å². The van der Waals surface area contributed by atoms with Crippen molar-refractivity contribution < 1.29 is 8.42 Å². The van der Waals surface area contributed by atoms with Gasteiger partial charge in [0.1, 0.15) is 4.21 Å². The lowest BCUT2D eigenvalue weighted by molar-refractivity contribution is 0.452. The lowest BCUT2D eigenvalue weighted by atomic mass is 9.96. The topological polar surface area (TPSA) is 46.2 Å². The minimum atomic E-state index is -3.54. The summed E-state index contributed by atoms with van der Waals surface area (Å²) in [7, 11) is -3.54. The first-order valence-electron chi connectivity index (χ1n) is 5.16. The zero-order chi connectivity index (χ0) is 13.1. The zero-order valence-corrected chi connectivity index (χ0v) is 12.9. The van der Waals surface area contributed by atoms with Crippen LogP contribution in [0.2, 0.25) is 0 Å². The third-order valence-corrected chi connectivity index (χ3v) is 6.28. The van der Waals surface area contributed by atoms with E-state index in [2.05, 4.69) is 26.6 Å². The van der Waals surface area contributed by atoms with Gasteiger partial charge in [-0.05, 0) is 40.9 Å². The first-order chi connectivity index (χ1) is 7.89. The van der Waals surface area contributed by atoms with Crippen molar-refractivity contribution >= 4 is 37.3 Å². The Hall–Kier alpha value is -0.350. The summed E-state index contributed by atoms with van der Waals surface area (Å²) < 4.78 is 27.9. The largest absolute Gasteiger partial charge is 0.251 e. The minimum Gasteiger partial charge on any atom is -0.206 e. The quantitative estimate of drug-likeness (QED) is 0.841. The lowest BCUT2D eigenvalue weighted by Gasteiger charge is -2.26. The summed E-state index contributed by atoms with van der Waals surface area (Å²) in [5.74, 6) is 2.55. The van der Waals surface area contributed by atoms with Crippen molar-refractivity contribution in [2.45, 2.75) is 36.4 Å². The van der Waals surface area contributed by atoms with Gasteiger partial charge in [0.2, 0.25) is 0 Å². The Morgan fingerprint density at radius 3 is 2.41 bits per heavy atom. The van der Waals surface area contributed by atoms with Crippen LogP contribution in [-0.2, 0) is 10.0 Å². The molecule has 94 valence electrons. The lowest BCUT2D eigenvalue weighted by Crippen LogP contribution is -2.46. The Morgan fingerprint density at radius 2 is 2.06 bits per heavy atom. The molecule has 0 aromatic carbocycles. The van der Waals surface area contributed by atoms with E-state index in [1.807, 2.05) is 13.8 Å². The number of sulfonamides is 1. The first-order valence-corrected chi connectivity index (χ1v) is 8.25. The Balaban J connectivity index is 3.06. The molecule has 0 aliphatic rings. The van der Waals surface area contributed by atoms with Gasteiger partial charge < -0.3 is 0 Å². The molecule has 0 radical (unpaired) electrons. The molecule has 1 heterocycles. The monoisotopic (exact) mass is 335 g/mol. The summed E-state index contributed by atoms with van der Waals surface area (Å²) in [6, 6.07) is 3.26. The van der Waals surface area contributed by atoms with Crippen LogP contribution in [0.25, 0.3) is 0 Å². The molecule has 0 spiro atoms. The highest BCUT2D eigenvalue weighted by Gasteiger charge is 2.30. The van der Waals surface area contributed by atoms with Gasteiger partial charge in [-0.3, -0.25) is 0 Å². The van der Waals surface area contributed by atoms with Crippen LogP contribution in [0, 0.1) is 12.3 Å². The van der Waals surface area contributed by atoms with Gasteiger partial charge in [-0.1, -0.05) is 19.8 Å². The van der Waals surface area contributed by atoms with Gasteiger partial charge >= 0.3 is 0 Å². The van der Waals surface area contributed by atoms with Crippen LogP contribution in [0.4, 0.5) is 0 Å². The maximum atomic E-state index is 12.1. The Kier molecular flexibility index (Phi) is 4.78. The van der Waals surface area contributed by atoms with Gasteiger partial charge in [0, 0.05) is 0 Å². The van der Waals surface area contributed by atoms with Crippen molar-refractivity contribution in [2.24, 2.45) is 0 Å². The second kappa shape index (κ2) is 5.53. The fourth-order valence-electron chi connectivity index (χ4n) is 1.38. The number of nitrogens with one attached hydrogen (secondary N) is 1. The van der Waals surface area contributed by atoms with Crippen LogP contribution in [0.15, 0.2) is 20.1 Å². The molecule has 1 N–H and O–H groups in total. The molecular weight excluding hydrogens is 322 g/mol. The van der Waals surface area contributed by atoms with E-state index in [0.717, 1.165) is 15.1 Å². The molecule has 3 nitrogen and oxygen atoms in total. The number of hydrogen-bond donors (Lipinski definition) is 1. The minimum absolute atomic E-state index is 0.269. The molecule has 0 fully saturated rings. The van der Waals surface area contributed by atoms with Crippen LogP contribution in [0.3, 0.4) is 0 Å². The van der Waals surface area contributed by atoms with E-state index in [9.17, 15) is 8.42 Å². The Bertz CT molecular complexity index is 524. The molecule has 0 aliphatic carbocycles. The van der Waals surface area contributed by atoms with E-state index < -0.39 is 15.6 Å². The smallest absolute Gasteiger partial charge is 0.206 e. The molecule has 0 amide bonds. The average Bonchev–Trinajstić information content (AvgIpc) is 2.74. The summed E-state index contributed by atoms with van der Waals surface area (Å²) in [5.41, 5.74) is -0.796. The molecule has 0 unspecified atom stereocenters. The summed E-state index contributed by atoms with van der Waals surface area (Å²) in [6.45, 7) is 3.74. The van der Waals surface area contributed by atoms with E-state index in [1.54, 1.807) is 12.1 Å². The van der Waals surface area contributed by atoms with Gasteiger partial charge in [-0.25, -0.2) is 8.42 Å². The fraction of sp³-hybridized carbons (Fsp3) is 0.455. The molecule has 6 heteroatoms. The van der Waals surface area contributed by atoms with Crippen molar-refractivity contribution in [2.75, 3.05) is 0 Å². The van der Waals surface area contributed by atoms with Gasteiger partial charge in [-0.15, -0.1) is 17.8 Å². The Morgan fingerprint density at radius 1 is 1.47 bits per heavy atom. The summed E-state index contributed by atoms with van der Waals surface area (Å²) >= 11 is 4.41. The number of hydrogen-bond acceptors (Lipinski definition) is 3. The molecule has 0 atom stereocenters. The zero-order valence-electron chi connectivity index (χ0n) is 9.66. The van der Waals surface area contributed by atoms with E-state index in [-0.39, 0.29) is 4.21 Å². The third-order valence-electron chi connectivity index (χ3n) is 2.63. The highest BCUT2D eigenvalue weighted by Crippen LogP contribution is 2.27. The van der Waals surface area contributed by atoms with Crippen LogP contribution >= 0.6 is 27.3 Å². The van der Waals surface area contributed by atoms with Crippen LogP contribution in [0.5, 0.6) is 0 Å². The number of halogens is 1. The molecule has 1 rings (SSSR count).